The summed E-state index contributed by atoms with van der Waals surface area (Å²) in [6.07, 6.45) is 0.704. The van der Waals surface area contributed by atoms with Crippen molar-refractivity contribution in [3.05, 3.63) is 23.8 Å². The van der Waals surface area contributed by atoms with E-state index in [0.717, 1.165) is 6.29 Å². The Hall–Kier alpha value is -3.01. The number of aliphatic hydroxyl groups excluding tert-OH is 1. The van der Waals surface area contributed by atoms with Crippen molar-refractivity contribution in [2.24, 2.45) is 23.2 Å². The zero-order valence-electron chi connectivity index (χ0n) is 19.5. The lowest BCUT2D eigenvalue weighted by Gasteiger charge is -2.55. The van der Waals surface area contributed by atoms with Crippen molar-refractivity contribution in [1.29, 1.82) is 0 Å². The second-order valence-electron chi connectivity index (χ2n) is 9.31. The van der Waals surface area contributed by atoms with Crippen molar-refractivity contribution in [2.75, 3.05) is 13.2 Å². The Bertz CT molecular complexity index is 921. The summed E-state index contributed by atoms with van der Waals surface area (Å²) in [4.78, 5) is 59.6. The van der Waals surface area contributed by atoms with E-state index in [-0.39, 0.29) is 24.2 Å². The molecule has 1 heterocycles. The van der Waals surface area contributed by atoms with E-state index < -0.39 is 72.0 Å². The molecule has 2 aliphatic carbocycles. The number of fused-ring (bicyclic) bond motifs is 3. The number of carbonyl (C=O) groups excluding carboxylic acids is 5. The lowest BCUT2D eigenvalue weighted by molar-refractivity contribution is -0.194. The Morgan fingerprint density at radius 2 is 1.88 bits per heavy atom. The van der Waals surface area contributed by atoms with Crippen molar-refractivity contribution in [1.82, 2.24) is 0 Å². The Morgan fingerprint density at radius 3 is 2.50 bits per heavy atom. The van der Waals surface area contributed by atoms with Crippen LogP contribution in [0.5, 0.6) is 0 Å². The van der Waals surface area contributed by atoms with Gasteiger partial charge in [-0.25, -0.2) is 9.59 Å². The highest BCUT2D eigenvalue weighted by molar-refractivity contribution is 5.92. The van der Waals surface area contributed by atoms with Crippen LogP contribution in [0.3, 0.4) is 0 Å². The summed E-state index contributed by atoms with van der Waals surface area (Å²) in [5, 5.41) is 10.9. The highest BCUT2D eigenvalue weighted by Gasteiger charge is 2.63. The van der Waals surface area contributed by atoms with Crippen LogP contribution in [0.1, 0.15) is 40.0 Å². The average Bonchev–Trinajstić information content (AvgIpc) is 3.05. The highest BCUT2D eigenvalue weighted by atomic mass is 16.6. The maximum Gasteiger partial charge on any atom is 0.337 e. The van der Waals surface area contributed by atoms with Crippen molar-refractivity contribution < 1.29 is 48.0 Å². The van der Waals surface area contributed by atoms with Crippen LogP contribution in [0.25, 0.3) is 0 Å². The molecule has 186 valence electrons. The number of carbonyl (C=O) groups is 5. The molecule has 0 aromatic rings. The van der Waals surface area contributed by atoms with E-state index in [1.54, 1.807) is 6.92 Å². The van der Waals surface area contributed by atoms with Gasteiger partial charge < -0.3 is 28.8 Å². The van der Waals surface area contributed by atoms with Crippen molar-refractivity contribution in [2.45, 2.75) is 58.3 Å². The van der Waals surface area contributed by atoms with Gasteiger partial charge in [-0.1, -0.05) is 13.5 Å². The first-order valence-electron chi connectivity index (χ1n) is 11.2. The zero-order valence-corrected chi connectivity index (χ0v) is 19.5. The van der Waals surface area contributed by atoms with Crippen LogP contribution in [0, 0.1) is 23.2 Å². The number of hydrogen-bond donors (Lipinski definition) is 1. The molecule has 3 aliphatic rings. The fourth-order valence-corrected chi connectivity index (χ4v) is 5.48. The maximum absolute atomic E-state index is 13.0. The summed E-state index contributed by atoms with van der Waals surface area (Å²) in [6, 6.07) is 0. The molecule has 1 aliphatic heterocycles. The minimum Gasteiger partial charge on any atom is -0.462 e. The standard InChI is InChI=1S/C24H30O10/c1-12-19-17(33-23(30)16(11-32-14(3)27)7-8-31-13(2)26)9-24(4)18(28)6-5-15(10-25)20(24)21(19)34-22(12)29/h7,10,15,17-21,28H,1,5-6,8-9,11H2,2-4H3. The van der Waals surface area contributed by atoms with Crippen LogP contribution >= 0.6 is 0 Å². The van der Waals surface area contributed by atoms with E-state index in [1.165, 1.54) is 19.9 Å². The van der Waals surface area contributed by atoms with E-state index in [4.69, 9.17) is 18.9 Å². The Balaban J connectivity index is 1.89. The second-order valence-corrected chi connectivity index (χ2v) is 9.31. The van der Waals surface area contributed by atoms with Gasteiger partial charge in [0.05, 0.1) is 17.6 Å². The van der Waals surface area contributed by atoms with Crippen LogP contribution in [0.2, 0.25) is 0 Å². The second kappa shape index (κ2) is 10.1. The van der Waals surface area contributed by atoms with Crippen molar-refractivity contribution in [3.63, 3.8) is 0 Å². The predicted octanol–water partition coefficient (Wildman–Crippen LogP) is 1.04. The van der Waals surface area contributed by atoms with Crippen LogP contribution in [0.15, 0.2) is 23.8 Å². The molecular formula is C24H30O10. The molecule has 1 N–H and O–H groups in total. The summed E-state index contributed by atoms with van der Waals surface area (Å²) in [5.74, 6) is -4.19. The molecule has 0 aromatic carbocycles. The molecule has 7 unspecified atom stereocenters. The molecule has 0 radical (unpaired) electrons. The molecule has 0 bridgehead atoms. The Morgan fingerprint density at radius 1 is 1.21 bits per heavy atom. The summed E-state index contributed by atoms with van der Waals surface area (Å²) in [6.45, 7) is 7.39. The average molecular weight is 478 g/mol. The molecular weight excluding hydrogens is 448 g/mol. The van der Waals surface area contributed by atoms with Gasteiger partial charge in [-0.15, -0.1) is 0 Å². The maximum atomic E-state index is 13.0. The van der Waals surface area contributed by atoms with Gasteiger partial charge in [0, 0.05) is 36.7 Å². The van der Waals surface area contributed by atoms with E-state index in [2.05, 4.69) is 6.58 Å². The lowest BCUT2D eigenvalue weighted by atomic mass is 9.51. The minimum atomic E-state index is -0.882. The molecule has 0 spiro atoms. The molecule has 34 heavy (non-hydrogen) atoms. The molecule has 0 aromatic heterocycles. The third-order valence-corrected chi connectivity index (χ3v) is 7.16. The first kappa shape index (κ1) is 25.6. The van der Waals surface area contributed by atoms with Crippen LogP contribution in [0.4, 0.5) is 0 Å². The lowest BCUT2D eigenvalue weighted by Crippen LogP contribution is -2.60. The van der Waals surface area contributed by atoms with E-state index in [1.807, 2.05) is 0 Å². The molecule has 10 nitrogen and oxygen atoms in total. The van der Waals surface area contributed by atoms with Crippen LogP contribution in [-0.4, -0.2) is 66.8 Å². The van der Waals surface area contributed by atoms with Gasteiger partial charge >= 0.3 is 23.9 Å². The van der Waals surface area contributed by atoms with Crippen molar-refractivity contribution in [3.8, 4) is 0 Å². The van der Waals surface area contributed by atoms with Gasteiger partial charge in [-0.3, -0.25) is 9.59 Å². The molecule has 10 heteroatoms. The summed E-state index contributed by atoms with van der Waals surface area (Å²) in [5.41, 5.74) is -0.760. The number of esters is 4. The monoisotopic (exact) mass is 478 g/mol. The number of ether oxygens (including phenoxy) is 4. The molecule has 3 rings (SSSR count). The topological polar surface area (TPSA) is 143 Å². The van der Waals surface area contributed by atoms with Gasteiger partial charge in [0.2, 0.25) is 0 Å². The summed E-state index contributed by atoms with van der Waals surface area (Å²) >= 11 is 0. The van der Waals surface area contributed by atoms with Gasteiger partial charge in [0.1, 0.15) is 31.7 Å². The Labute approximate surface area is 197 Å². The normalized spacial score (nSPS) is 34.9. The number of rotatable bonds is 7. The first-order valence-corrected chi connectivity index (χ1v) is 11.2. The predicted molar refractivity (Wildman–Crippen MR) is 115 cm³/mol. The number of aldehydes is 1. The number of hydrogen-bond acceptors (Lipinski definition) is 10. The van der Waals surface area contributed by atoms with Crippen LogP contribution in [-0.2, 0) is 42.9 Å². The van der Waals surface area contributed by atoms with Crippen molar-refractivity contribution >= 4 is 30.2 Å². The van der Waals surface area contributed by atoms with E-state index >= 15 is 0 Å². The Kier molecular flexibility index (Phi) is 7.60. The van der Waals surface area contributed by atoms with E-state index in [0.29, 0.717) is 12.8 Å². The third-order valence-electron chi connectivity index (χ3n) is 7.16. The zero-order chi connectivity index (χ0) is 25.2. The van der Waals surface area contributed by atoms with Crippen LogP contribution < -0.4 is 0 Å². The van der Waals surface area contributed by atoms with Gasteiger partial charge in [-0.2, -0.15) is 0 Å². The third kappa shape index (κ3) is 4.91. The summed E-state index contributed by atoms with van der Waals surface area (Å²) < 4.78 is 21.1. The van der Waals surface area contributed by atoms with Gasteiger partial charge in [0.15, 0.2) is 0 Å². The molecule has 7 atom stereocenters. The molecule has 3 fully saturated rings. The largest absolute Gasteiger partial charge is 0.462 e. The van der Waals surface area contributed by atoms with Gasteiger partial charge in [-0.05, 0) is 25.3 Å². The van der Waals surface area contributed by atoms with E-state index in [9.17, 15) is 29.1 Å². The summed E-state index contributed by atoms with van der Waals surface area (Å²) in [7, 11) is 0. The molecule has 0 amide bonds. The fourth-order valence-electron chi connectivity index (χ4n) is 5.48. The SMILES string of the molecule is C=C1C(=O)OC2C1C(OC(=O)C(=CCOC(C)=O)COC(C)=O)CC1(C)C(O)CCC(C=O)C21. The quantitative estimate of drug-likeness (QED) is 0.244. The highest BCUT2D eigenvalue weighted by Crippen LogP contribution is 2.58. The minimum absolute atomic E-state index is 0.0499. The molecule has 1 saturated heterocycles. The molecule has 2 saturated carbocycles. The fraction of sp³-hybridized carbons (Fsp3) is 0.625. The number of aliphatic hydroxyl groups is 1. The first-order chi connectivity index (χ1) is 16.0. The smallest absolute Gasteiger partial charge is 0.337 e. The van der Waals surface area contributed by atoms with Gasteiger partial charge in [0.25, 0.3) is 0 Å².